The quantitative estimate of drug-likeness (QED) is 0.301. The van der Waals surface area contributed by atoms with E-state index >= 15 is 8.78 Å². The lowest BCUT2D eigenvalue weighted by Gasteiger charge is -2.27. The smallest absolute Gasteiger partial charge is 0.217 e. The van der Waals surface area contributed by atoms with Crippen molar-refractivity contribution in [1.29, 1.82) is 0 Å². The van der Waals surface area contributed by atoms with Crippen LogP contribution in [-0.4, -0.2) is 46.4 Å². The molecule has 0 unspecified atom stereocenters. The number of primary amides is 1. The number of nitrogens with two attached hydrogens (primary N) is 1. The van der Waals surface area contributed by atoms with Crippen LogP contribution in [-0.2, 0) is 11.8 Å². The van der Waals surface area contributed by atoms with E-state index < -0.39 is 23.2 Å². The van der Waals surface area contributed by atoms with Gasteiger partial charge in [0.2, 0.25) is 5.91 Å². The molecule has 0 radical (unpaired) electrons. The first-order chi connectivity index (χ1) is 18.2. The van der Waals surface area contributed by atoms with Gasteiger partial charge in [-0.05, 0) is 31.5 Å². The molecule has 0 aliphatic carbocycles. The molecule has 4 rings (SSSR count). The summed E-state index contributed by atoms with van der Waals surface area (Å²) in [5.74, 6) is -2.43. The molecule has 0 aliphatic rings. The van der Waals surface area contributed by atoms with Gasteiger partial charge in [-0.3, -0.25) is 14.5 Å². The number of carbonyl (C=O) groups excluding carboxylic acids is 1. The van der Waals surface area contributed by atoms with E-state index in [2.05, 4.69) is 10.1 Å². The number of pyridine rings is 2. The first-order valence-corrected chi connectivity index (χ1v) is 11.8. The van der Waals surface area contributed by atoms with Crippen molar-refractivity contribution in [3.05, 3.63) is 66.1 Å². The van der Waals surface area contributed by atoms with E-state index in [9.17, 15) is 4.79 Å². The summed E-state index contributed by atoms with van der Waals surface area (Å²) in [5.41, 5.74) is 8.43. The number of ether oxygens (including phenoxy) is 2. The molecule has 0 saturated heterocycles. The van der Waals surface area contributed by atoms with Crippen molar-refractivity contribution in [2.24, 2.45) is 12.8 Å². The highest BCUT2D eigenvalue weighted by Gasteiger charge is 2.27. The number of benzene rings is 1. The number of aromatic nitrogens is 4. The second kappa shape index (κ2) is 11.2. The van der Waals surface area contributed by atoms with E-state index in [1.54, 1.807) is 42.2 Å². The van der Waals surface area contributed by atoms with Gasteiger partial charge >= 0.3 is 0 Å². The molecule has 0 bridgehead atoms. The fraction of sp³-hybridized carbons (Fsp3) is 0.259. The van der Waals surface area contributed by atoms with Gasteiger partial charge in [0, 0.05) is 49.6 Å². The third-order valence-electron chi connectivity index (χ3n) is 6.12. The number of rotatable bonds is 10. The van der Waals surface area contributed by atoms with Gasteiger partial charge < -0.3 is 20.1 Å². The van der Waals surface area contributed by atoms with Crippen LogP contribution in [0.4, 0.5) is 20.3 Å². The van der Waals surface area contributed by atoms with Gasteiger partial charge in [-0.15, -0.1) is 0 Å². The van der Waals surface area contributed by atoms with Crippen LogP contribution in [0.15, 0.2) is 54.5 Å². The number of aryl methyl sites for hydroxylation is 1. The Hall–Kier alpha value is -4.54. The number of anilines is 2. The maximum Gasteiger partial charge on any atom is 0.217 e. The lowest BCUT2D eigenvalue weighted by atomic mass is 10.1. The highest BCUT2D eigenvalue weighted by atomic mass is 19.1. The van der Waals surface area contributed by atoms with E-state index in [1.165, 1.54) is 19.1 Å². The molecule has 0 aliphatic heterocycles. The Labute approximate surface area is 218 Å². The summed E-state index contributed by atoms with van der Waals surface area (Å²) < 4.78 is 43.3. The maximum absolute atomic E-state index is 15.7. The van der Waals surface area contributed by atoms with Crippen molar-refractivity contribution in [2.75, 3.05) is 25.7 Å². The third-order valence-corrected chi connectivity index (χ3v) is 6.12. The van der Waals surface area contributed by atoms with Crippen molar-refractivity contribution in [1.82, 2.24) is 19.7 Å². The SMILES string of the molecule is C/C=C(\CCC(N)=O)CN(c1ccc2ncc(-c3cnn(C)c3)cc2n1)c1c(F)c(OC)cc(OC)c1F. The number of fused-ring (bicyclic) bond motifs is 1. The van der Waals surface area contributed by atoms with Crippen molar-refractivity contribution in [3.63, 3.8) is 0 Å². The van der Waals surface area contributed by atoms with Gasteiger partial charge in [-0.1, -0.05) is 11.6 Å². The predicted molar refractivity (Wildman–Crippen MR) is 140 cm³/mol. The fourth-order valence-corrected chi connectivity index (χ4v) is 4.06. The minimum absolute atomic E-state index is 0.0299. The Morgan fingerprint density at radius 1 is 1.05 bits per heavy atom. The van der Waals surface area contributed by atoms with Crippen LogP contribution >= 0.6 is 0 Å². The molecule has 0 saturated carbocycles. The summed E-state index contributed by atoms with van der Waals surface area (Å²) in [5, 5.41) is 4.20. The van der Waals surface area contributed by atoms with Gasteiger partial charge in [-0.2, -0.15) is 5.10 Å². The van der Waals surface area contributed by atoms with Gasteiger partial charge in [0.05, 0.1) is 31.4 Å². The van der Waals surface area contributed by atoms with Crippen LogP contribution in [0.1, 0.15) is 19.8 Å². The van der Waals surface area contributed by atoms with E-state index in [1.807, 2.05) is 19.3 Å². The lowest BCUT2D eigenvalue weighted by Crippen LogP contribution is -2.25. The number of halogens is 2. The Balaban J connectivity index is 1.88. The molecule has 4 aromatic rings. The molecule has 38 heavy (non-hydrogen) atoms. The topological polar surface area (TPSA) is 108 Å². The normalized spacial score (nSPS) is 11.6. The first kappa shape index (κ1) is 26.5. The number of amides is 1. The Morgan fingerprint density at radius 3 is 2.34 bits per heavy atom. The van der Waals surface area contributed by atoms with Gasteiger partial charge in [0.1, 0.15) is 11.5 Å². The summed E-state index contributed by atoms with van der Waals surface area (Å²) in [6.07, 6.45) is 7.46. The number of carbonyl (C=O) groups is 1. The molecule has 0 atom stereocenters. The maximum atomic E-state index is 15.7. The van der Waals surface area contributed by atoms with Crippen LogP contribution in [0.25, 0.3) is 22.2 Å². The van der Waals surface area contributed by atoms with Crippen LogP contribution < -0.4 is 20.1 Å². The van der Waals surface area contributed by atoms with E-state index in [0.29, 0.717) is 17.5 Å². The predicted octanol–water partition coefficient (Wildman–Crippen LogP) is 4.68. The van der Waals surface area contributed by atoms with Crippen LogP contribution in [0.2, 0.25) is 0 Å². The molecule has 198 valence electrons. The number of hydrogen-bond donors (Lipinski definition) is 1. The fourth-order valence-electron chi connectivity index (χ4n) is 4.06. The number of methoxy groups -OCH3 is 2. The Morgan fingerprint density at radius 2 is 1.76 bits per heavy atom. The first-order valence-electron chi connectivity index (χ1n) is 11.8. The monoisotopic (exact) mass is 522 g/mol. The molecule has 0 fully saturated rings. The highest BCUT2D eigenvalue weighted by molar-refractivity contribution is 5.82. The molecular weight excluding hydrogens is 494 g/mol. The number of hydrogen-bond acceptors (Lipinski definition) is 7. The van der Waals surface area contributed by atoms with Crippen LogP contribution in [0.3, 0.4) is 0 Å². The zero-order valence-electron chi connectivity index (χ0n) is 21.5. The average Bonchev–Trinajstić information content (AvgIpc) is 3.35. The number of nitrogens with zero attached hydrogens (tertiary/aromatic N) is 5. The zero-order chi connectivity index (χ0) is 27.4. The minimum atomic E-state index is -0.916. The molecule has 3 heterocycles. The summed E-state index contributed by atoms with van der Waals surface area (Å²) in [4.78, 5) is 22.0. The van der Waals surface area contributed by atoms with E-state index in [-0.39, 0.29) is 30.3 Å². The Bertz CT molecular complexity index is 1490. The van der Waals surface area contributed by atoms with E-state index in [0.717, 1.165) is 22.8 Å². The Kier molecular flexibility index (Phi) is 7.85. The molecule has 9 nitrogen and oxygen atoms in total. The molecule has 11 heteroatoms. The zero-order valence-corrected chi connectivity index (χ0v) is 21.5. The lowest BCUT2D eigenvalue weighted by molar-refractivity contribution is -0.117. The largest absolute Gasteiger partial charge is 0.493 e. The van der Waals surface area contributed by atoms with E-state index in [4.69, 9.17) is 20.2 Å². The number of allylic oxidation sites excluding steroid dienone is 1. The van der Waals surface area contributed by atoms with Crippen LogP contribution in [0, 0.1) is 11.6 Å². The standard InChI is InChI=1S/C27H28F2N6O3/c1-5-16(6-8-23(30)36)14-35(27-25(28)21(37-3)11-22(38-4)26(27)29)24-9-7-19-20(33-24)10-17(12-31-19)18-13-32-34(2)15-18/h5,7,9-13,15H,6,8,14H2,1-4H3,(H2,30,36)/b16-5+. The summed E-state index contributed by atoms with van der Waals surface area (Å²) in [7, 11) is 4.39. The molecular formula is C27H28F2N6O3. The van der Waals surface area contributed by atoms with Gasteiger partial charge in [0.15, 0.2) is 23.1 Å². The minimum Gasteiger partial charge on any atom is -0.493 e. The second-order valence-electron chi connectivity index (χ2n) is 8.59. The molecule has 1 amide bonds. The third kappa shape index (κ3) is 5.41. The molecule has 0 spiro atoms. The summed E-state index contributed by atoms with van der Waals surface area (Å²) >= 11 is 0. The van der Waals surface area contributed by atoms with Crippen molar-refractivity contribution in [3.8, 4) is 22.6 Å². The van der Waals surface area contributed by atoms with Crippen LogP contribution in [0.5, 0.6) is 11.5 Å². The molecule has 1 aromatic carbocycles. The van der Waals surface area contributed by atoms with Crippen molar-refractivity contribution < 1.29 is 23.0 Å². The summed E-state index contributed by atoms with van der Waals surface area (Å²) in [6, 6.07) is 6.34. The van der Waals surface area contributed by atoms with Crippen molar-refractivity contribution >= 4 is 28.4 Å². The van der Waals surface area contributed by atoms with Crippen molar-refractivity contribution in [2.45, 2.75) is 19.8 Å². The van der Waals surface area contributed by atoms with Gasteiger partial charge in [0.25, 0.3) is 0 Å². The highest BCUT2D eigenvalue weighted by Crippen LogP contribution is 2.40. The van der Waals surface area contributed by atoms with Gasteiger partial charge in [-0.25, -0.2) is 13.8 Å². The molecule has 2 N–H and O–H groups in total. The molecule has 3 aromatic heterocycles. The second-order valence-corrected chi connectivity index (χ2v) is 8.59. The average molecular weight is 523 g/mol. The summed E-state index contributed by atoms with van der Waals surface area (Å²) in [6.45, 7) is 1.81.